The molecule has 15 heavy (non-hydrogen) atoms. The molecule has 0 aliphatic heterocycles. The molecule has 0 radical (unpaired) electrons. The Morgan fingerprint density at radius 1 is 1.27 bits per heavy atom. The van der Waals surface area contributed by atoms with E-state index < -0.39 is 5.92 Å². The molecule has 1 aromatic rings. The fourth-order valence-electron chi connectivity index (χ4n) is 1.13. The number of rotatable bonds is 4. The van der Waals surface area contributed by atoms with Gasteiger partial charge in [0.15, 0.2) is 0 Å². The zero-order valence-corrected chi connectivity index (χ0v) is 10.3. The highest BCUT2D eigenvalue weighted by atomic mass is 79.9. The van der Waals surface area contributed by atoms with Crippen LogP contribution in [-0.2, 0) is 5.92 Å². The standard InChI is InChI=1S/C11H14BrF2N/c1-8(2)15-7-11(13,14)9-3-5-10(12)6-4-9/h3-6,8,15H,7H2,1-2H3. The van der Waals surface area contributed by atoms with Gasteiger partial charge in [-0.05, 0) is 12.1 Å². The Hall–Kier alpha value is -0.480. The van der Waals surface area contributed by atoms with Gasteiger partial charge in [0.2, 0.25) is 0 Å². The van der Waals surface area contributed by atoms with Crippen LogP contribution in [0.15, 0.2) is 28.7 Å². The van der Waals surface area contributed by atoms with Crippen molar-refractivity contribution in [3.63, 3.8) is 0 Å². The van der Waals surface area contributed by atoms with Gasteiger partial charge in [-0.1, -0.05) is 41.9 Å². The van der Waals surface area contributed by atoms with Gasteiger partial charge in [0.1, 0.15) is 0 Å². The summed E-state index contributed by atoms with van der Waals surface area (Å²) in [7, 11) is 0. The van der Waals surface area contributed by atoms with E-state index in [1.165, 1.54) is 12.1 Å². The number of benzene rings is 1. The second kappa shape index (κ2) is 5.03. The molecule has 0 aliphatic rings. The number of nitrogens with one attached hydrogen (secondary N) is 1. The molecule has 0 heterocycles. The van der Waals surface area contributed by atoms with Crippen LogP contribution in [0.4, 0.5) is 8.78 Å². The fourth-order valence-corrected chi connectivity index (χ4v) is 1.39. The molecule has 1 nitrogen and oxygen atoms in total. The molecule has 0 bridgehead atoms. The number of hydrogen-bond donors (Lipinski definition) is 1. The van der Waals surface area contributed by atoms with Crippen molar-refractivity contribution >= 4 is 15.9 Å². The van der Waals surface area contributed by atoms with Gasteiger partial charge in [-0.15, -0.1) is 0 Å². The minimum Gasteiger partial charge on any atom is -0.309 e. The molecule has 0 fully saturated rings. The summed E-state index contributed by atoms with van der Waals surface area (Å²) in [6.45, 7) is 3.36. The molecule has 0 atom stereocenters. The molecule has 0 aromatic heterocycles. The van der Waals surface area contributed by atoms with Crippen LogP contribution in [-0.4, -0.2) is 12.6 Å². The second-order valence-electron chi connectivity index (χ2n) is 3.75. The molecule has 1 aromatic carbocycles. The first-order valence-corrected chi connectivity index (χ1v) is 5.58. The lowest BCUT2D eigenvalue weighted by Gasteiger charge is -2.19. The Bertz CT molecular complexity index is 309. The van der Waals surface area contributed by atoms with Crippen molar-refractivity contribution < 1.29 is 8.78 Å². The van der Waals surface area contributed by atoms with Gasteiger partial charge >= 0.3 is 0 Å². The first-order valence-electron chi connectivity index (χ1n) is 4.79. The molecule has 1 rings (SSSR count). The van der Waals surface area contributed by atoms with Crippen molar-refractivity contribution in [1.82, 2.24) is 5.32 Å². The van der Waals surface area contributed by atoms with Gasteiger partial charge in [-0.2, -0.15) is 8.78 Å². The molecule has 0 amide bonds. The molecule has 84 valence electrons. The lowest BCUT2D eigenvalue weighted by molar-refractivity contribution is -0.00484. The van der Waals surface area contributed by atoms with E-state index in [1.54, 1.807) is 12.1 Å². The minimum absolute atomic E-state index is 0.0406. The number of halogens is 3. The summed E-state index contributed by atoms with van der Waals surface area (Å²) in [5, 5.41) is 2.74. The molecular formula is C11H14BrF2N. The maximum absolute atomic E-state index is 13.6. The van der Waals surface area contributed by atoms with Crippen LogP contribution < -0.4 is 5.32 Å². The molecule has 0 aliphatic carbocycles. The minimum atomic E-state index is -2.81. The molecule has 0 saturated carbocycles. The lowest BCUT2D eigenvalue weighted by atomic mass is 10.1. The SMILES string of the molecule is CC(C)NCC(F)(F)c1ccc(Br)cc1. The van der Waals surface area contributed by atoms with E-state index in [9.17, 15) is 8.78 Å². The fraction of sp³-hybridized carbons (Fsp3) is 0.455. The van der Waals surface area contributed by atoms with E-state index in [0.29, 0.717) is 0 Å². The number of hydrogen-bond acceptors (Lipinski definition) is 1. The van der Waals surface area contributed by atoms with Crippen LogP contribution in [0.3, 0.4) is 0 Å². The number of alkyl halides is 2. The lowest BCUT2D eigenvalue weighted by Crippen LogP contribution is -2.34. The van der Waals surface area contributed by atoms with Crippen LogP contribution in [0.5, 0.6) is 0 Å². The average Bonchev–Trinajstić information content (AvgIpc) is 2.16. The summed E-state index contributed by atoms with van der Waals surface area (Å²) in [5.74, 6) is -2.81. The van der Waals surface area contributed by atoms with Crippen molar-refractivity contribution in [2.75, 3.05) is 6.54 Å². The van der Waals surface area contributed by atoms with Crippen LogP contribution in [0.25, 0.3) is 0 Å². The van der Waals surface area contributed by atoms with E-state index in [1.807, 2.05) is 13.8 Å². The predicted octanol–water partition coefficient (Wildman–Crippen LogP) is 3.54. The van der Waals surface area contributed by atoms with Crippen molar-refractivity contribution in [3.8, 4) is 0 Å². The first-order chi connectivity index (χ1) is 6.92. The highest BCUT2D eigenvalue weighted by Crippen LogP contribution is 2.28. The summed E-state index contributed by atoms with van der Waals surface area (Å²) in [4.78, 5) is 0. The predicted molar refractivity (Wildman–Crippen MR) is 61.2 cm³/mol. The van der Waals surface area contributed by atoms with Gasteiger partial charge < -0.3 is 5.32 Å². The molecular weight excluding hydrogens is 264 g/mol. The van der Waals surface area contributed by atoms with Crippen LogP contribution in [0.1, 0.15) is 19.4 Å². The van der Waals surface area contributed by atoms with Gasteiger partial charge in [0.05, 0.1) is 6.54 Å². The quantitative estimate of drug-likeness (QED) is 0.888. The van der Waals surface area contributed by atoms with E-state index in [2.05, 4.69) is 21.2 Å². The maximum atomic E-state index is 13.6. The van der Waals surface area contributed by atoms with E-state index in [0.717, 1.165) is 4.47 Å². The zero-order chi connectivity index (χ0) is 11.5. The van der Waals surface area contributed by atoms with Crippen molar-refractivity contribution in [1.29, 1.82) is 0 Å². The summed E-state index contributed by atoms with van der Waals surface area (Å²) < 4.78 is 27.9. The van der Waals surface area contributed by atoms with E-state index in [-0.39, 0.29) is 18.2 Å². The Morgan fingerprint density at radius 2 is 1.80 bits per heavy atom. The normalized spacial score (nSPS) is 12.1. The summed E-state index contributed by atoms with van der Waals surface area (Å²) in [6.07, 6.45) is 0. The Kier molecular flexibility index (Phi) is 4.22. The summed E-state index contributed by atoms with van der Waals surface area (Å²) in [6, 6.07) is 6.18. The third-order valence-corrected chi connectivity index (χ3v) is 2.53. The molecule has 1 N–H and O–H groups in total. The summed E-state index contributed by atoms with van der Waals surface area (Å²) >= 11 is 3.21. The zero-order valence-electron chi connectivity index (χ0n) is 8.73. The average molecular weight is 278 g/mol. The molecule has 0 spiro atoms. The van der Waals surface area contributed by atoms with Crippen molar-refractivity contribution in [2.24, 2.45) is 0 Å². The molecule has 0 saturated heterocycles. The van der Waals surface area contributed by atoms with Crippen molar-refractivity contribution in [3.05, 3.63) is 34.3 Å². The van der Waals surface area contributed by atoms with Gasteiger partial charge in [0, 0.05) is 16.1 Å². The highest BCUT2D eigenvalue weighted by molar-refractivity contribution is 9.10. The monoisotopic (exact) mass is 277 g/mol. The topological polar surface area (TPSA) is 12.0 Å². The Balaban J connectivity index is 2.72. The maximum Gasteiger partial charge on any atom is 0.285 e. The third-order valence-electron chi connectivity index (χ3n) is 2.00. The Morgan fingerprint density at radius 3 is 2.27 bits per heavy atom. The Labute approximate surface area is 97.0 Å². The van der Waals surface area contributed by atoms with E-state index in [4.69, 9.17) is 0 Å². The van der Waals surface area contributed by atoms with Crippen LogP contribution in [0, 0.1) is 0 Å². The van der Waals surface area contributed by atoms with Crippen LogP contribution >= 0.6 is 15.9 Å². The first kappa shape index (κ1) is 12.6. The van der Waals surface area contributed by atoms with Gasteiger partial charge in [-0.3, -0.25) is 0 Å². The summed E-state index contributed by atoms with van der Waals surface area (Å²) in [5.41, 5.74) is 0.0406. The largest absolute Gasteiger partial charge is 0.309 e. The highest BCUT2D eigenvalue weighted by Gasteiger charge is 2.30. The van der Waals surface area contributed by atoms with Crippen molar-refractivity contribution in [2.45, 2.75) is 25.8 Å². The molecule has 4 heteroatoms. The second-order valence-corrected chi connectivity index (χ2v) is 4.66. The van der Waals surface area contributed by atoms with Crippen LogP contribution in [0.2, 0.25) is 0 Å². The van der Waals surface area contributed by atoms with E-state index >= 15 is 0 Å². The molecule has 0 unspecified atom stereocenters. The van der Waals surface area contributed by atoms with Gasteiger partial charge in [0.25, 0.3) is 5.92 Å². The third kappa shape index (κ3) is 3.87. The smallest absolute Gasteiger partial charge is 0.285 e. The van der Waals surface area contributed by atoms with Gasteiger partial charge in [-0.25, -0.2) is 0 Å².